The number of methoxy groups -OCH3 is 1. The minimum atomic E-state index is -0.0229. The van der Waals surface area contributed by atoms with Crippen LogP contribution in [0.2, 0.25) is 0 Å². The maximum absolute atomic E-state index is 12.4. The van der Waals surface area contributed by atoms with Gasteiger partial charge in [-0.05, 0) is 31.6 Å². The van der Waals surface area contributed by atoms with Crippen LogP contribution < -0.4 is 5.32 Å². The van der Waals surface area contributed by atoms with Crippen molar-refractivity contribution < 1.29 is 9.53 Å². The molecular weight excluding hydrogens is 216 g/mol. The van der Waals surface area contributed by atoms with Gasteiger partial charge in [0.1, 0.15) is 0 Å². The van der Waals surface area contributed by atoms with Crippen LogP contribution in [0.15, 0.2) is 0 Å². The number of carbonyl (C=O) groups excluding carboxylic acids is 1. The van der Waals surface area contributed by atoms with E-state index in [9.17, 15) is 4.79 Å². The third-order valence-electron chi connectivity index (χ3n) is 3.70. The lowest BCUT2D eigenvalue weighted by Gasteiger charge is -2.25. The van der Waals surface area contributed by atoms with Crippen LogP contribution in [0.3, 0.4) is 0 Å². The van der Waals surface area contributed by atoms with Gasteiger partial charge in [0.25, 0.3) is 0 Å². The molecule has 0 aromatic rings. The average Bonchev–Trinajstić information content (AvgIpc) is 3.02. The second-order valence-corrected chi connectivity index (χ2v) is 5.28. The first-order valence-corrected chi connectivity index (χ1v) is 6.79. The summed E-state index contributed by atoms with van der Waals surface area (Å²) in [6, 6.07) is -0.0229. The molecule has 17 heavy (non-hydrogen) atoms. The first-order valence-electron chi connectivity index (χ1n) is 6.79. The summed E-state index contributed by atoms with van der Waals surface area (Å²) in [6.07, 6.45) is 4.66. The SMILES string of the molecule is CCCN(CC1CC1)C(=O)C1CC(OC)CN1. The third kappa shape index (κ3) is 3.42. The Labute approximate surface area is 104 Å². The van der Waals surface area contributed by atoms with E-state index in [-0.39, 0.29) is 18.1 Å². The van der Waals surface area contributed by atoms with Crippen molar-refractivity contribution in [1.29, 1.82) is 0 Å². The number of rotatable bonds is 6. The number of nitrogens with one attached hydrogen (secondary N) is 1. The number of nitrogens with zero attached hydrogens (tertiary/aromatic N) is 1. The highest BCUT2D eigenvalue weighted by molar-refractivity contribution is 5.82. The van der Waals surface area contributed by atoms with Crippen LogP contribution in [0, 0.1) is 5.92 Å². The van der Waals surface area contributed by atoms with Crippen LogP contribution in [-0.2, 0) is 9.53 Å². The topological polar surface area (TPSA) is 41.6 Å². The lowest BCUT2D eigenvalue weighted by Crippen LogP contribution is -2.44. The zero-order valence-corrected chi connectivity index (χ0v) is 10.9. The maximum atomic E-state index is 12.4. The molecule has 0 radical (unpaired) electrons. The Balaban J connectivity index is 1.86. The van der Waals surface area contributed by atoms with Crippen molar-refractivity contribution >= 4 is 5.91 Å². The first kappa shape index (κ1) is 12.8. The minimum Gasteiger partial charge on any atom is -0.380 e. The molecule has 0 aromatic heterocycles. The molecule has 1 heterocycles. The average molecular weight is 240 g/mol. The summed E-state index contributed by atoms with van der Waals surface area (Å²) in [5.41, 5.74) is 0. The van der Waals surface area contributed by atoms with Gasteiger partial charge in [0.2, 0.25) is 5.91 Å². The zero-order chi connectivity index (χ0) is 12.3. The predicted octanol–water partition coefficient (Wildman–Crippen LogP) is 1.01. The van der Waals surface area contributed by atoms with E-state index in [1.165, 1.54) is 12.8 Å². The van der Waals surface area contributed by atoms with Crippen molar-refractivity contribution in [3.8, 4) is 0 Å². The summed E-state index contributed by atoms with van der Waals surface area (Å²) in [6.45, 7) is 4.79. The van der Waals surface area contributed by atoms with Crippen molar-refractivity contribution in [2.75, 3.05) is 26.7 Å². The van der Waals surface area contributed by atoms with Gasteiger partial charge in [-0.25, -0.2) is 0 Å². The molecule has 1 saturated heterocycles. The van der Waals surface area contributed by atoms with Crippen molar-refractivity contribution in [2.45, 2.75) is 44.8 Å². The van der Waals surface area contributed by atoms with Crippen molar-refractivity contribution in [3.63, 3.8) is 0 Å². The summed E-state index contributed by atoms with van der Waals surface area (Å²) in [4.78, 5) is 14.4. The number of carbonyl (C=O) groups is 1. The molecule has 1 N–H and O–H groups in total. The zero-order valence-electron chi connectivity index (χ0n) is 10.9. The van der Waals surface area contributed by atoms with E-state index in [1.807, 2.05) is 4.90 Å². The molecule has 2 unspecified atom stereocenters. The van der Waals surface area contributed by atoms with Gasteiger partial charge < -0.3 is 15.0 Å². The fraction of sp³-hybridized carbons (Fsp3) is 0.923. The third-order valence-corrected chi connectivity index (χ3v) is 3.70. The van der Waals surface area contributed by atoms with Crippen molar-refractivity contribution in [1.82, 2.24) is 10.2 Å². The van der Waals surface area contributed by atoms with Gasteiger partial charge in [0, 0.05) is 26.7 Å². The highest BCUT2D eigenvalue weighted by Gasteiger charge is 2.34. The van der Waals surface area contributed by atoms with E-state index < -0.39 is 0 Å². The second kappa shape index (κ2) is 5.83. The number of hydrogen-bond donors (Lipinski definition) is 1. The van der Waals surface area contributed by atoms with Gasteiger partial charge in [0.05, 0.1) is 12.1 Å². The Bertz CT molecular complexity index is 266. The van der Waals surface area contributed by atoms with Crippen LogP contribution in [0.1, 0.15) is 32.6 Å². The van der Waals surface area contributed by atoms with Gasteiger partial charge in [-0.3, -0.25) is 4.79 Å². The summed E-state index contributed by atoms with van der Waals surface area (Å²) < 4.78 is 5.29. The van der Waals surface area contributed by atoms with Crippen molar-refractivity contribution in [2.24, 2.45) is 5.92 Å². The number of hydrogen-bond acceptors (Lipinski definition) is 3. The van der Waals surface area contributed by atoms with Gasteiger partial charge >= 0.3 is 0 Å². The molecular formula is C13H24N2O2. The van der Waals surface area contributed by atoms with Gasteiger partial charge in [-0.1, -0.05) is 6.92 Å². The van der Waals surface area contributed by atoms with E-state index in [2.05, 4.69) is 12.2 Å². The molecule has 4 heteroatoms. The molecule has 2 aliphatic rings. The van der Waals surface area contributed by atoms with E-state index >= 15 is 0 Å². The molecule has 1 saturated carbocycles. The molecule has 2 atom stereocenters. The second-order valence-electron chi connectivity index (χ2n) is 5.28. The van der Waals surface area contributed by atoms with E-state index in [4.69, 9.17) is 4.74 Å². The minimum absolute atomic E-state index is 0.0229. The maximum Gasteiger partial charge on any atom is 0.239 e. The summed E-state index contributed by atoms with van der Waals surface area (Å²) in [5.74, 6) is 1.04. The molecule has 98 valence electrons. The highest BCUT2D eigenvalue weighted by atomic mass is 16.5. The Morgan fingerprint density at radius 2 is 2.24 bits per heavy atom. The molecule has 2 rings (SSSR count). The fourth-order valence-corrected chi connectivity index (χ4v) is 2.46. The van der Waals surface area contributed by atoms with Crippen molar-refractivity contribution in [3.05, 3.63) is 0 Å². The Kier molecular flexibility index (Phi) is 4.40. The molecule has 0 spiro atoms. The normalized spacial score (nSPS) is 28.4. The standard InChI is InChI=1S/C13H24N2O2/c1-3-6-15(9-10-4-5-10)13(16)12-7-11(17-2)8-14-12/h10-12,14H,3-9H2,1-2H3. The molecule has 0 aromatic carbocycles. The Hall–Kier alpha value is -0.610. The van der Waals surface area contributed by atoms with Gasteiger partial charge in [0.15, 0.2) is 0 Å². The summed E-state index contributed by atoms with van der Waals surface area (Å²) in [7, 11) is 1.72. The monoisotopic (exact) mass is 240 g/mol. The van der Waals surface area contributed by atoms with Crippen LogP contribution in [0.5, 0.6) is 0 Å². The highest BCUT2D eigenvalue weighted by Crippen LogP contribution is 2.30. The van der Waals surface area contributed by atoms with Gasteiger partial charge in [-0.15, -0.1) is 0 Å². The Morgan fingerprint density at radius 1 is 1.47 bits per heavy atom. The lowest BCUT2D eigenvalue weighted by molar-refractivity contribution is -0.133. The van der Waals surface area contributed by atoms with Crippen LogP contribution in [0.4, 0.5) is 0 Å². The number of amides is 1. The lowest BCUT2D eigenvalue weighted by atomic mass is 10.1. The number of ether oxygens (including phenoxy) is 1. The first-order chi connectivity index (χ1) is 8.24. The molecule has 2 fully saturated rings. The largest absolute Gasteiger partial charge is 0.380 e. The smallest absolute Gasteiger partial charge is 0.239 e. The Morgan fingerprint density at radius 3 is 2.76 bits per heavy atom. The quantitative estimate of drug-likeness (QED) is 0.753. The van der Waals surface area contributed by atoms with E-state index in [1.54, 1.807) is 7.11 Å². The summed E-state index contributed by atoms with van der Waals surface area (Å²) >= 11 is 0. The summed E-state index contributed by atoms with van der Waals surface area (Å²) in [5, 5.41) is 3.27. The van der Waals surface area contributed by atoms with Crippen LogP contribution >= 0.6 is 0 Å². The van der Waals surface area contributed by atoms with Gasteiger partial charge in [-0.2, -0.15) is 0 Å². The van der Waals surface area contributed by atoms with Crippen LogP contribution in [0.25, 0.3) is 0 Å². The molecule has 0 bridgehead atoms. The molecule has 4 nitrogen and oxygen atoms in total. The van der Waals surface area contributed by atoms with E-state index in [0.717, 1.165) is 38.4 Å². The molecule has 1 aliphatic heterocycles. The van der Waals surface area contributed by atoms with E-state index in [0.29, 0.717) is 0 Å². The predicted molar refractivity (Wildman–Crippen MR) is 66.8 cm³/mol. The fourth-order valence-electron chi connectivity index (χ4n) is 2.46. The molecule has 1 aliphatic carbocycles. The van der Waals surface area contributed by atoms with Crippen LogP contribution in [-0.4, -0.2) is 49.7 Å². The molecule has 1 amide bonds.